The van der Waals surface area contributed by atoms with Crippen LogP contribution in [0.1, 0.15) is 6.42 Å². The van der Waals surface area contributed by atoms with Gasteiger partial charge in [-0.2, -0.15) is 0 Å². The monoisotopic (exact) mass is 133 g/mol. The molecule has 0 aromatic rings. The molecule has 52 valence electrons. The summed E-state index contributed by atoms with van der Waals surface area (Å²) in [6.07, 6.45) is 9.95. The molecule has 0 atom stereocenters. The lowest BCUT2D eigenvalue weighted by Crippen LogP contribution is -2.23. The minimum Gasteiger partial charge on any atom is -0.309 e. The predicted molar refractivity (Wildman–Crippen MR) is 42.8 cm³/mol. The molecule has 2 rings (SSSR count). The molecule has 1 aliphatic carbocycles. The molecule has 0 aromatic heterocycles. The molecule has 0 amide bonds. The molecule has 0 radical (unpaired) electrons. The maximum Gasteiger partial charge on any atom is 0.0211 e. The van der Waals surface area contributed by atoms with Crippen LogP contribution < -0.4 is 5.32 Å². The molecule has 0 spiro atoms. The zero-order chi connectivity index (χ0) is 6.81. The van der Waals surface area contributed by atoms with Crippen molar-refractivity contribution in [3.05, 3.63) is 35.5 Å². The molecule has 1 aliphatic heterocycles. The van der Waals surface area contributed by atoms with E-state index in [0.29, 0.717) is 0 Å². The van der Waals surface area contributed by atoms with Crippen molar-refractivity contribution >= 4 is 0 Å². The number of rotatable bonds is 0. The molecule has 0 aromatic carbocycles. The first-order chi connectivity index (χ1) is 4.97. The summed E-state index contributed by atoms with van der Waals surface area (Å²) in [5.74, 6) is 0. The van der Waals surface area contributed by atoms with Gasteiger partial charge in [0.2, 0.25) is 0 Å². The minimum atomic E-state index is 1.04. The van der Waals surface area contributed by atoms with Crippen LogP contribution in [-0.2, 0) is 0 Å². The summed E-state index contributed by atoms with van der Waals surface area (Å²) in [5.41, 5.74) is 2.98. The zero-order valence-electron chi connectivity index (χ0n) is 5.93. The van der Waals surface area contributed by atoms with E-state index in [2.05, 4.69) is 29.6 Å². The van der Waals surface area contributed by atoms with Gasteiger partial charge < -0.3 is 5.32 Å². The lowest BCUT2D eigenvalue weighted by Gasteiger charge is -2.18. The Morgan fingerprint density at radius 2 is 2.30 bits per heavy atom. The van der Waals surface area contributed by atoms with Crippen LogP contribution in [0.25, 0.3) is 0 Å². The summed E-state index contributed by atoms with van der Waals surface area (Å²) in [4.78, 5) is 0. The molecule has 0 fully saturated rings. The average Bonchev–Trinajstić information content (AvgIpc) is 2.05. The Balaban J connectivity index is 2.32. The van der Waals surface area contributed by atoms with Crippen LogP contribution in [0.4, 0.5) is 0 Å². The lowest BCUT2D eigenvalue weighted by atomic mass is 9.96. The molecule has 0 bridgehead atoms. The first kappa shape index (κ1) is 5.93. The Kier molecular flexibility index (Phi) is 1.44. The highest BCUT2D eigenvalue weighted by atomic mass is 14.9. The second-order valence-electron chi connectivity index (χ2n) is 2.68. The van der Waals surface area contributed by atoms with Gasteiger partial charge in [-0.25, -0.2) is 0 Å². The van der Waals surface area contributed by atoms with Gasteiger partial charge >= 0.3 is 0 Å². The third-order valence-corrected chi connectivity index (χ3v) is 1.99. The SMILES string of the molecule is C1=CCC2=CCNCC2=C1. The molecule has 10 heavy (non-hydrogen) atoms. The summed E-state index contributed by atoms with van der Waals surface area (Å²) in [5, 5.41) is 3.31. The van der Waals surface area contributed by atoms with Gasteiger partial charge in [-0.1, -0.05) is 24.3 Å². The van der Waals surface area contributed by atoms with Gasteiger partial charge in [0.05, 0.1) is 0 Å². The van der Waals surface area contributed by atoms with Gasteiger partial charge in [0.15, 0.2) is 0 Å². The van der Waals surface area contributed by atoms with E-state index in [-0.39, 0.29) is 0 Å². The van der Waals surface area contributed by atoms with Crippen LogP contribution in [0.15, 0.2) is 35.5 Å². The summed E-state index contributed by atoms with van der Waals surface area (Å²) < 4.78 is 0. The van der Waals surface area contributed by atoms with E-state index in [1.807, 2.05) is 0 Å². The van der Waals surface area contributed by atoms with E-state index in [1.54, 1.807) is 0 Å². The average molecular weight is 133 g/mol. The van der Waals surface area contributed by atoms with Crippen LogP contribution in [0.5, 0.6) is 0 Å². The third-order valence-electron chi connectivity index (χ3n) is 1.99. The standard InChI is InChI=1S/C9H11N/c1-2-4-9-7-10-6-5-8(9)3-1/h1-2,4-5,10H,3,6-7H2. The fraction of sp³-hybridized carbons (Fsp3) is 0.333. The van der Waals surface area contributed by atoms with Gasteiger partial charge in [0.1, 0.15) is 0 Å². The maximum absolute atomic E-state index is 3.31. The maximum atomic E-state index is 3.31. The summed E-state index contributed by atoms with van der Waals surface area (Å²) in [6, 6.07) is 0. The molecule has 1 N–H and O–H groups in total. The smallest absolute Gasteiger partial charge is 0.0211 e. The van der Waals surface area contributed by atoms with Crippen molar-refractivity contribution in [2.45, 2.75) is 6.42 Å². The Morgan fingerprint density at radius 1 is 1.30 bits per heavy atom. The second-order valence-corrected chi connectivity index (χ2v) is 2.68. The normalized spacial score (nSPS) is 23.2. The number of allylic oxidation sites excluding steroid dienone is 3. The Hall–Kier alpha value is -0.820. The van der Waals surface area contributed by atoms with E-state index < -0.39 is 0 Å². The van der Waals surface area contributed by atoms with Crippen molar-refractivity contribution in [1.82, 2.24) is 5.32 Å². The fourth-order valence-corrected chi connectivity index (χ4v) is 1.41. The molecule has 2 aliphatic rings. The molecule has 1 nitrogen and oxygen atoms in total. The molecular weight excluding hydrogens is 122 g/mol. The van der Waals surface area contributed by atoms with Crippen LogP contribution >= 0.6 is 0 Å². The lowest BCUT2D eigenvalue weighted by molar-refractivity contribution is 0.779. The van der Waals surface area contributed by atoms with E-state index in [0.717, 1.165) is 19.5 Å². The number of hydrogen-bond donors (Lipinski definition) is 1. The third kappa shape index (κ3) is 0.929. The summed E-state index contributed by atoms with van der Waals surface area (Å²) in [6.45, 7) is 2.09. The first-order valence-electron chi connectivity index (χ1n) is 3.72. The van der Waals surface area contributed by atoms with Crippen LogP contribution in [0, 0.1) is 0 Å². The highest BCUT2D eigenvalue weighted by Gasteiger charge is 2.08. The van der Waals surface area contributed by atoms with Crippen LogP contribution in [-0.4, -0.2) is 13.1 Å². The van der Waals surface area contributed by atoms with Crippen LogP contribution in [0.3, 0.4) is 0 Å². The second kappa shape index (κ2) is 2.43. The van der Waals surface area contributed by atoms with Gasteiger partial charge in [-0.15, -0.1) is 0 Å². The number of hydrogen-bond acceptors (Lipinski definition) is 1. The predicted octanol–water partition coefficient (Wildman–Crippen LogP) is 1.40. The van der Waals surface area contributed by atoms with E-state index in [1.165, 1.54) is 11.1 Å². The van der Waals surface area contributed by atoms with Crippen molar-refractivity contribution in [2.24, 2.45) is 0 Å². The topological polar surface area (TPSA) is 12.0 Å². The van der Waals surface area contributed by atoms with Gasteiger partial charge in [0, 0.05) is 13.1 Å². The molecule has 0 unspecified atom stereocenters. The Morgan fingerprint density at radius 3 is 3.20 bits per heavy atom. The summed E-state index contributed by atoms with van der Waals surface area (Å²) >= 11 is 0. The van der Waals surface area contributed by atoms with Gasteiger partial charge in [0.25, 0.3) is 0 Å². The van der Waals surface area contributed by atoms with Gasteiger partial charge in [-0.3, -0.25) is 0 Å². The summed E-state index contributed by atoms with van der Waals surface area (Å²) in [7, 11) is 0. The number of nitrogens with one attached hydrogen (secondary N) is 1. The Bertz CT molecular complexity index is 221. The minimum absolute atomic E-state index is 1.04. The van der Waals surface area contributed by atoms with Gasteiger partial charge in [-0.05, 0) is 17.6 Å². The first-order valence-corrected chi connectivity index (χ1v) is 3.72. The van der Waals surface area contributed by atoms with E-state index in [4.69, 9.17) is 0 Å². The molecule has 0 saturated heterocycles. The van der Waals surface area contributed by atoms with Crippen molar-refractivity contribution in [3.8, 4) is 0 Å². The molecule has 1 heterocycles. The molecule has 1 heteroatoms. The van der Waals surface area contributed by atoms with E-state index in [9.17, 15) is 0 Å². The van der Waals surface area contributed by atoms with E-state index >= 15 is 0 Å². The number of fused-ring (bicyclic) bond motifs is 1. The highest BCUT2D eigenvalue weighted by molar-refractivity contribution is 5.41. The van der Waals surface area contributed by atoms with Crippen molar-refractivity contribution < 1.29 is 0 Å². The fourth-order valence-electron chi connectivity index (χ4n) is 1.41. The quantitative estimate of drug-likeness (QED) is 0.526. The van der Waals surface area contributed by atoms with Crippen LogP contribution in [0.2, 0.25) is 0 Å². The zero-order valence-corrected chi connectivity index (χ0v) is 5.93. The highest BCUT2D eigenvalue weighted by Crippen LogP contribution is 2.20. The largest absolute Gasteiger partial charge is 0.309 e. The molecule has 0 saturated carbocycles. The van der Waals surface area contributed by atoms with Crippen molar-refractivity contribution in [1.29, 1.82) is 0 Å². The van der Waals surface area contributed by atoms with Crippen molar-refractivity contribution in [2.75, 3.05) is 13.1 Å². The molecular formula is C9H11N. The van der Waals surface area contributed by atoms with Crippen molar-refractivity contribution in [3.63, 3.8) is 0 Å². The Labute approximate surface area is 61.1 Å².